The molecule has 2 N–H and O–H groups in total. The van der Waals surface area contributed by atoms with Crippen molar-refractivity contribution in [3.05, 3.63) is 35.0 Å². The van der Waals surface area contributed by atoms with Crippen LogP contribution in [0.4, 0.5) is 5.69 Å². The quantitative estimate of drug-likeness (QED) is 0.651. The van der Waals surface area contributed by atoms with Crippen LogP contribution in [0.15, 0.2) is 23.9 Å². The maximum absolute atomic E-state index is 11.8. The lowest BCUT2D eigenvalue weighted by Gasteiger charge is -2.47. The first-order valence-electron chi connectivity index (χ1n) is 8.57. The van der Waals surface area contributed by atoms with E-state index in [4.69, 9.17) is 12.2 Å². The number of hydrogen-bond donors (Lipinski definition) is 2. The Bertz CT molecular complexity index is 723. The maximum atomic E-state index is 11.8. The van der Waals surface area contributed by atoms with Gasteiger partial charge in [0, 0.05) is 17.8 Å². The molecular formula is C19H25N3OS. The number of hydrogen-bond acceptors (Lipinski definition) is 3. The Balaban J connectivity index is 1.99. The van der Waals surface area contributed by atoms with Gasteiger partial charge in [-0.3, -0.25) is 10.1 Å². The molecule has 1 unspecified atom stereocenters. The van der Waals surface area contributed by atoms with Crippen molar-refractivity contribution in [2.45, 2.75) is 52.0 Å². The molecule has 1 aromatic carbocycles. The molecule has 1 fully saturated rings. The minimum absolute atomic E-state index is 0.167. The van der Waals surface area contributed by atoms with Gasteiger partial charge in [-0.1, -0.05) is 19.9 Å². The van der Waals surface area contributed by atoms with Crippen molar-refractivity contribution in [1.82, 2.24) is 10.6 Å². The topological polar surface area (TPSA) is 44.4 Å². The van der Waals surface area contributed by atoms with E-state index >= 15 is 0 Å². The van der Waals surface area contributed by atoms with Gasteiger partial charge in [0.15, 0.2) is 5.11 Å². The average Bonchev–Trinajstić information content (AvgIpc) is 2.81. The highest BCUT2D eigenvalue weighted by atomic mass is 32.1. The molecule has 1 aromatic rings. The van der Waals surface area contributed by atoms with Crippen molar-refractivity contribution in [3.63, 3.8) is 0 Å². The Morgan fingerprint density at radius 2 is 2.12 bits per heavy atom. The second-order valence-corrected chi connectivity index (χ2v) is 7.76. The molecule has 2 aliphatic heterocycles. The molecule has 2 aliphatic rings. The first-order valence-corrected chi connectivity index (χ1v) is 8.98. The second kappa shape index (κ2) is 6.20. The van der Waals surface area contributed by atoms with Gasteiger partial charge < -0.3 is 10.2 Å². The molecule has 2 heterocycles. The lowest BCUT2D eigenvalue weighted by Crippen LogP contribution is -2.48. The average molecular weight is 343 g/mol. The predicted octanol–water partition coefficient (Wildman–Crippen LogP) is 3.53. The third-order valence-corrected chi connectivity index (χ3v) is 5.09. The summed E-state index contributed by atoms with van der Waals surface area (Å²) in [6, 6.07) is 6.49. The van der Waals surface area contributed by atoms with Gasteiger partial charge in [-0.25, -0.2) is 0 Å². The summed E-state index contributed by atoms with van der Waals surface area (Å²) >= 11 is 4.98. The van der Waals surface area contributed by atoms with Crippen molar-refractivity contribution >= 4 is 35.0 Å². The first kappa shape index (κ1) is 17.0. The van der Waals surface area contributed by atoms with Gasteiger partial charge in [-0.2, -0.15) is 0 Å². The minimum Gasteiger partial charge on any atom is -0.366 e. The summed E-state index contributed by atoms with van der Waals surface area (Å²) < 4.78 is 0. The van der Waals surface area contributed by atoms with E-state index in [2.05, 4.69) is 61.4 Å². The van der Waals surface area contributed by atoms with Gasteiger partial charge in [-0.05, 0) is 74.2 Å². The van der Waals surface area contributed by atoms with Crippen molar-refractivity contribution in [1.29, 1.82) is 0 Å². The molecule has 0 aromatic heterocycles. The summed E-state index contributed by atoms with van der Waals surface area (Å²) in [6.07, 6.45) is 4.12. The summed E-state index contributed by atoms with van der Waals surface area (Å²) in [5.41, 5.74) is 4.38. The molecule has 0 bridgehead atoms. The van der Waals surface area contributed by atoms with E-state index in [9.17, 15) is 4.79 Å². The normalized spacial score (nSPS) is 23.9. The molecule has 0 aliphatic carbocycles. The summed E-state index contributed by atoms with van der Waals surface area (Å²) in [7, 11) is 0. The van der Waals surface area contributed by atoms with Crippen LogP contribution in [-0.2, 0) is 4.79 Å². The van der Waals surface area contributed by atoms with Gasteiger partial charge >= 0.3 is 0 Å². The molecule has 1 atom stereocenters. The molecule has 0 radical (unpaired) electrons. The van der Waals surface area contributed by atoms with Gasteiger partial charge in [0.25, 0.3) is 5.91 Å². The number of thiocarbonyl (C=S) groups is 1. The van der Waals surface area contributed by atoms with E-state index in [1.165, 1.54) is 11.3 Å². The maximum Gasteiger partial charge on any atom is 0.273 e. The Labute approximate surface area is 149 Å². The highest BCUT2D eigenvalue weighted by Gasteiger charge is 2.35. The van der Waals surface area contributed by atoms with Gasteiger partial charge in [0.2, 0.25) is 0 Å². The van der Waals surface area contributed by atoms with Crippen molar-refractivity contribution in [2.75, 3.05) is 11.4 Å². The SMILES string of the molecule is CCCN1c2ccc(/C=C3\NC(=S)NC3=O)cc2C(C)CC1(C)C. The molecular weight excluding hydrogens is 318 g/mol. The van der Waals surface area contributed by atoms with E-state index in [0.29, 0.717) is 16.7 Å². The number of nitrogens with zero attached hydrogens (tertiary/aromatic N) is 1. The zero-order valence-electron chi connectivity index (χ0n) is 14.8. The smallest absolute Gasteiger partial charge is 0.273 e. The van der Waals surface area contributed by atoms with E-state index in [1.807, 2.05) is 6.08 Å². The van der Waals surface area contributed by atoms with Gasteiger partial charge in [0.05, 0.1) is 0 Å². The van der Waals surface area contributed by atoms with Crippen LogP contribution >= 0.6 is 12.2 Å². The molecule has 1 amide bonds. The van der Waals surface area contributed by atoms with E-state index in [0.717, 1.165) is 24.9 Å². The van der Waals surface area contributed by atoms with Crippen LogP contribution in [0, 0.1) is 0 Å². The Morgan fingerprint density at radius 1 is 1.38 bits per heavy atom. The lowest BCUT2D eigenvalue weighted by molar-refractivity contribution is -0.115. The number of nitrogens with one attached hydrogen (secondary N) is 2. The van der Waals surface area contributed by atoms with Crippen molar-refractivity contribution < 1.29 is 4.79 Å². The molecule has 1 saturated heterocycles. The number of carbonyl (C=O) groups excluding carboxylic acids is 1. The van der Waals surface area contributed by atoms with Gasteiger partial charge in [-0.15, -0.1) is 0 Å². The molecule has 5 heteroatoms. The Kier molecular flexibility index (Phi) is 4.38. The van der Waals surface area contributed by atoms with Crippen LogP contribution in [0.25, 0.3) is 6.08 Å². The largest absolute Gasteiger partial charge is 0.366 e. The van der Waals surface area contributed by atoms with Gasteiger partial charge in [0.1, 0.15) is 5.70 Å². The molecule has 128 valence electrons. The predicted molar refractivity (Wildman–Crippen MR) is 103 cm³/mol. The van der Waals surface area contributed by atoms with E-state index < -0.39 is 0 Å². The molecule has 0 saturated carbocycles. The standard InChI is InChI=1S/C19H25N3OS/c1-5-8-22-16-7-6-13(10-15-17(23)21-18(24)20-15)9-14(16)12(2)11-19(22,3)4/h6-7,9-10,12H,5,8,11H2,1-4H3,(H2,20,21,23,24)/b15-10-. The Morgan fingerprint density at radius 3 is 2.75 bits per heavy atom. The zero-order valence-corrected chi connectivity index (χ0v) is 15.6. The van der Waals surface area contributed by atoms with Crippen LogP contribution in [0.2, 0.25) is 0 Å². The fraction of sp³-hybridized carbons (Fsp3) is 0.474. The number of fused-ring (bicyclic) bond motifs is 1. The number of anilines is 1. The third kappa shape index (κ3) is 3.05. The zero-order chi connectivity index (χ0) is 17.5. The van der Waals surface area contributed by atoms with Crippen LogP contribution in [-0.4, -0.2) is 23.1 Å². The number of rotatable bonds is 3. The number of amides is 1. The fourth-order valence-corrected chi connectivity index (χ4v) is 4.10. The third-order valence-electron chi connectivity index (χ3n) is 4.89. The van der Waals surface area contributed by atoms with Crippen LogP contribution in [0.5, 0.6) is 0 Å². The first-order chi connectivity index (χ1) is 11.3. The Hall–Kier alpha value is -1.88. The fourth-order valence-electron chi connectivity index (χ4n) is 3.89. The van der Waals surface area contributed by atoms with Crippen LogP contribution in [0.3, 0.4) is 0 Å². The van der Waals surface area contributed by atoms with Crippen molar-refractivity contribution in [2.24, 2.45) is 0 Å². The molecule has 0 spiro atoms. The molecule has 24 heavy (non-hydrogen) atoms. The minimum atomic E-state index is -0.167. The molecule has 3 rings (SSSR count). The van der Waals surface area contributed by atoms with Crippen LogP contribution < -0.4 is 15.5 Å². The molecule has 4 nitrogen and oxygen atoms in total. The summed E-state index contributed by atoms with van der Waals surface area (Å²) in [4.78, 5) is 14.3. The number of carbonyl (C=O) groups is 1. The highest BCUT2D eigenvalue weighted by molar-refractivity contribution is 7.80. The van der Waals surface area contributed by atoms with E-state index in [-0.39, 0.29) is 11.4 Å². The number of benzene rings is 1. The van der Waals surface area contributed by atoms with E-state index in [1.54, 1.807) is 0 Å². The van der Waals surface area contributed by atoms with Crippen molar-refractivity contribution in [3.8, 4) is 0 Å². The summed E-state index contributed by atoms with van der Waals surface area (Å²) in [6.45, 7) is 10.2. The lowest BCUT2D eigenvalue weighted by atomic mass is 9.79. The highest BCUT2D eigenvalue weighted by Crippen LogP contribution is 2.43. The monoisotopic (exact) mass is 343 g/mol. The summed E-state index contributed by atoms with van der Waals surface area (Å²) in [5, 5.41) is 5.87. The summed E-state index contributed by atoms with van der Waals surface area (Å²) in [5.74, 6) is 0.326. The van der Waals surface area contributed by atoms with Crippen LogP contribution in [0.1, 0.15) is 57.6 Å². The second-order valence-electron chi connectivity index (χ2n) is 7.35.